The molecule has 0 saturated carbocycles. The van der Waals surface area contributed by atoms with Crippen LogP contribution in [0, 0.1) is 0 Å². The van der Waals surface area contributed by atoms with Crippen LogP contribution in [0.25, 0.3) is 0 Å². The van der Waals surface area contributed by atoms with Gasteiger partial charge in [0.15, 0.2) is 11.5 Å². The van der Waals surface area contributed by atoms with Gasteiger partial charge in [0.2, 0.25) is 6.79 Å². The SMILES string of the molecule is C1=C[C@@]23c4cc5c(cc4CN4C[C@H]2O[C@@H]1C[C@H]43)OCO5. The summed E-state index contributed by atoms with van der Waals surface area (Å²) in [4.78, 5) is 2.60. The molecule has 5 bridgehead atoms. The molecule has 20 heavy (non-hydrogen) atoms. The van der Waals surface area contributed by atoms with Gasteiger partial charge in [0.1, 0.15) is 0 Å². The van der Waals surface area contributed by atoms with Crippen molar-refractivity contribution in [3.63, 3.8) is 0 Å². The first-order chi connectivity index (χ1) is 9.84. The van der Waals surface area contributed by atoms with Gasteiger partial charge in [-0.05, 0) is 29.7 Å². The molecule has 4 heteroatoms. The minimum absolute atomic E-state index is 0.0450. The number of rotatable bonds is 0. The van der Waals surface area contributed by atoms with Crippen LogP contribution >= 0.6 is 0 Å². The molecular formula is C16H15NO3. The van der Waals surface area contributed by atoms with Crippen molar-refractivity contribution < 1.29 is 14.2 Å². The zero-order valence-electron chi connectivity index (χ0n) is 11.0. The number of hydrogen-bond acceptors (Lipinski definition) is 4. The van der Waals surface area contributed by atoms with Crippen LogP contribution in [0.5, 0.6) is 11.5 Å². The second-order valence-electron chi connectivity index (χ2n) is 6.50. The van der Waals surface area contributed by atoms with Gasteiger partial charge < -0.3 is 14.2 Å². The van der Waals surface area contributed by atoms with E-state index in [9.17, 15) is 0 Å². The number of hydrogen-bond donors (Lipinski definition) is 0. The molecule has 1 unspecified atom stereocenters. The highest BCUT2D eigenvalue weighted by molar-refractivity contribution is 5.57. The van der Waals surface area contributed by atoms with Crippen LogP contribution in [0.15, 0.2) is 24.3 Å². The lowest BCUT2D eigenvalue weighted by Gasteiger charge is -2.51. The van der Waals surface area contributed by atoms with Gasteiger partial charge in [0.25, 0.3) is 0 Å². The van der Waals surface area contributed by atoms with Crippen molar-refractivity contribution in [2.75, 3.05) is 13.3 Å². The van der Waals surface area contributed by atoms with Gasteiger partial charge in [0.05, 0.1) is 17.6 Å². The van der Waals surface area contributed by atoms with E-state index in [1.807, 2.05) is 0 Å². The van der Waals surface area contributed by atoms with E-state index in [0.717, 1.165) is 31.0 Å². The van der Waals surface area contributed by atoms with Crippen molar-refractivity contribution in [1.82, 2.24) is 4.90 Å². The molecule has 1 aromatic rings. The molecule has 5 aliphatic heterocycles. The summed E-state index contributed by atoms with van der Waals surface area (Å²) in [5, 5.41) is 0. The molecule has 6 aliphatic rings. The summed E-state index contributed by atoms with van der Waals surface area (Å²) >= 11 is 0. The minimum atomic E-state index is 0.0450. The van der Waals surface area contributed by atoms with Gasteiger partial charge in [-0.2, -0.15) is 0 Å². The highest BCUT2D eigenvalue weighted by atomic mass is 16.7. The van der Waals surface area contributed by atoms with Gasteiger partial charge in [-0.25, -0.2) is 0 Å². The Balaban J connectivity index is 1.66. The molecule has 5 atom stereocenters. The summed E-state index contributed by atoms with van der Waals surface area (Å²) in [5.41, 5.74) is 2.82. The zero-order chi connectivity index (χ0) is 12.9. The molecule has 7 rings (SSSR count). The first-order valence-corrected chi connectivity index (χ1v) is 7.36. The Morgan fingerprint density at radius 1 is 1.20 bits per heavy atom. The first kappa shape index (κ1) is 10.2. The van der Waals surface area contributed by atoms with Crippen LogP contribution in [0.2, 0.25) is 0 Å². The van der Waals surface area contributed by atoms with Crippen molar-refractivity contribution in [2.45, 2.75) is 36.6 Å². The fraction of sp³-hybridized carbons (Fsp3) is 0.500. The predicted octanol–water partition coefficient (Wildman–Crippen LogP) is 1.58. The summed E-state index contributed by atoms with van der Waals surface area (Å²) in [5.74, 6) is 1.79. The minimum Gasteiger partial charge on any atom is -0.454 e. The molecular weight excluding hydrogens is 254 g/mol. The third-order valence-corrected chi connectivity index (χ3v) is 5.74. The monoisotopic (exact) mass is 269 g/mol. The summed E-state index contributed by atoms with van der Waals surface area (Å²) < 4.78 is 17.4. The fourth-order valence-electron chi connectivity index (χ4n) is 4.96. The first-order valence-electron chi connectivity index (χ1n) is 7.36. The largest absolute Gasteiger partial charge is 0.454 e. The Morgan fingerprint density at radius 2 is 2.10 bits per heavy atom. The molecule has 2 fully saturated rings. The maximum atomic E-state index is 6.26. The van der Waals surface area contributed by atoms with Gasteiger partial charge in [0, 0.05) is 19.1 Å². The summed E-state index contributed by atoms with van der Waals surface area (Å²) in [6.07, 6.45) is 6.43. The maximum Gasteiger partial charge on any atom is 0.231 e. The molecule has 0 aromatic heterocycles. The van der Waals surface area contributed by atoms with Crippen molar-refractivity contribution in [2.24, 2.45) is 0 Å². The molecule has 5 heterocycles. The van der Waals surface area contributed by atoms with Crippen molar-refractivity contribution in [3.8, 4) is 11.5 Å². The Hall–Kier alpha value is -1.52. The van der Waals surface area contributed by atoms with Crippen LogP contribution in [0.3, 0.4) is 0 Å². The van der Waals surface area contributed by atoms with Crippen LogP contribution in [-0.2, 0) is 16.7 Å². The van der Waals surface area contributed by atoms with Crippen molar-refractivity contribution >= 4 is 0 Å². The number of benzene rings is 1. The van der Waals surface area contributed by atoms with Crippen molar-refractivity contribution in [1.29, 1.82) is 0 Å². The second kappa shape index (κ2) is 3.05. The van der Waals surface area contributed by atoms with E-state index in [4.69, 9.17) is 14.2 Å². The predicted molar refractivity (Wildman–Crippen MR) is 70.9 cm³/mol. The fourth-order valence-corrected chi connectivity index (χ4v) is 4.96. The Morgan fingerprint density at radius 3 is 3.05 bits per heavy atom. The Kier molecular flexibility index (Phi) is 1.56. The average Bonchev–Trinajstić information content (AvgIpc) is 2.95. The standard InChI is InChI=1S/C16H15NO3/c1-2-16-11-5-13-12(18-8-19-13)3-9(11)6-17-7-15(16)20-10(1)4-14(16)17/h1-3,5,10,14-15H,4,6-8H2/t10-,14-,15+,16-/m0/s1. The highest BCUT2D eigenvalue weighted by Crippen LogP contribution is 2.57. The van der Waals surface area contributed by atoms with Gasteiger partial charge >= 0.3 is 0 Å². The molecule has 0 N–H and O–H groups in total. The summed E-state index contributed by atoms with van der Waals surface area (Å²) in [7, 11) is 0. The second-order valence-corrected chi connectivity index (χ2v) is 6.50. The Bertz CT molecular complexity index is 670. The maximum absolute atomic E-state index is 6.26. The van der Waals surface area contributed by atoms with Gasteiger partial charge in [-0.15, -0.1) is 0 Å². The topological polar surface area (TPSA) is 30.9 Å². The molecule has 1 spiro atoms. The normalized spacial score (nSPS) is 44.8. The third-order valence-electron chi connectivity index (χ3n) is 5.74. The van der Waals surface area contributed by atoms with E-state index >= 15 is 0 Å². The molecule has 0 amide bonds. The van der Waals surface area contributed by atoms with Crippen LogP contribution in [0.1, 0.15) is 17.5 Å². The lowest BCUT2D eigenvalue weighted by Crippen LogP contribution is -2.57. The van der Waals surface area contributed by atoms with Crippen LogP contribution in [0.4, 0.5) is 0 Å². The van der Waals surface area contributed by atoms with Crippen molar-refractivity contribution in [3.05, 3.63) is 35.4 Å². The highest BCUT2D eigenvalue weighted by Gasteiger charge is 2.63. The molecule has 4 nitrogen and oxygen atoms in total. The van der Waals surface area contributed by atoms with E-state index in [-0.39, 0.29) is 5.41 Å². The zero-order valence-corrected chi connectivity index (χ0v) is 11.0. The summed E-state index contributed by atoms with van der Waals surface area (Å²) in [6, 6.07) is 4.98. The quantitative estimate of drug-likeness (QED) is 0.669. The smallest absolute Gasteiger partial charge is 0.231 e. The number of fused-ring (bicyclic) bond motifs is 2. The number of nitrogens with zero attached hydrogens (tertiary/aromatic N) is 1. The molecule has 1 aromatic carbocycles. The van der Waals surface area contributed by atoms with E-state index in [2.05, 4.69) is 29.2 Å². The van der Waals surface area contributed by atoms with E-state index in [1.165, 1.54) is 11.1 Å². The lowest BCUT2D eigenvalue weighted by atomic mass is 9.63. The Labute approximate surface area is 116 Å². The van der Waals surface area contributed by atoms with Crippen LogP contribution < -0.4 is 9.47 Å². The molecule has 2 saturated heterocycles. The van der Waals surface area contributed by atoms with Crippen LogP contribution in [-0.4, -0.2) is 36.5 Å². The molecule has 1 aliphatic carbocycles. The summed E-state index contributed by atoms with van der Waals surface area (Å²) in [6.45, 7) is 2.40. The molecule has 0 radical (unpaired) electrons. The molecule has 102 valence electrons. The third kappa shape index (κ3) is 0.950. The van der Waals surface area contributed by atoms with E-state index in [1.54, 1.807) is 0 Å². The van der Waals surface area contributed by atoms with E-state index < -0.39 is 0 Å². The lowest BCUT2D eigenvalue weighted by molar-refractivity contribution is -0.0561. The van der Waals surface area contributed by atoms with E-state index in [0.29, 0.717) is 25.0 Å². The van der Waals surface area contributed by atoms with Gasteiger partial charge in [-0.3, -0.25) is 4.90 Å². The number of ether oxygens (including phenoxy) is 3. The van der Waals surface area contributed by atoms with Gasteiger partial charge in [-0.1, -0.05) is 12.2 Å². The average molecular weight is 269 g/mol.